The van der Waals surface area contributed by atoms with E-state index in [0.717, 1.165) is 6.42 Å². The normalized spacial score (nSPS) is 10.5. The number of hydrogen-bond donors (Lipinski definition) is 4. The smallest absolute Gasteiger partial charge is 0.251 e. The average Bonchev–Trinajstić information content (AvgIpc) is 2.75. The molecule has 31 heavy (non-hydrogen) atoms. The third kappa shape index (κ3) is 8.47. The van der Waals surface area contributed by atoms with Crippen LogP contribution in [0.3, 0.4) is 0 Å². The fourth-order valence-electron chi connectivity index (χ4n) is 2.76. The zero-order valence-electron chi connectivity index (χ0n) is 18.2. The maximum absolute atomic E-state index is 12.3. The second kappa shape index (κ2) is 12.3. The second-order valence-electron chi connectivity index (χ2n) is 7.29. The van der Waals surface area contributed by atoms with Crippen LogP contribution in [0.25, 0.3) is 0 Å². The molecule has 0 bridgehead atoms. The zero-order valence-corrected chi connectivity index (χ0v) is 18.2. The summed E-state index contributed by atoms with van der Waals surface area (Å²) in [6.45, 7) is 4.90. The molecule has 0 spiro atoms. The van der Waals surface area contributed by atoms with Crippen LogP contribution < -0.4 is 21.3 Å². The van der Waals surface area contributed by atoms with E-state index in [0.29, 0.717) is 35.7 Å². The highest BCUT2D eigenvalue weighted by Crippen LogP contribution is 2.13. The monoisotopic (exact) mass is 426 g/mol. The van der Waals surface area contributed by atoms with Gasteiger partial charge in [-0.15, -0.1) is 0 Å². The van der Waals surface area contributed by atoms with Crippen molar-refractivity contribution in [2.24, 2.45) is 0 Å². The molecule has 0 radical (unpaired) electrons. The topological polar surface area (TPSA) is 109 Å². The van der Waals surface area contributed by atoms with Crippen LogP contribution in [0.5, 0.6) is 0 Å². The molecular weight excluding hydrogens is 396 g/mol. The van der Waals surface area contributed by atoms with Crippen molar-refractivity contribution < 1.29 is 19.1 Å². The first-order valence-electron chi connectivity index (χ1n) is 10.2. The highest BCUT2D eigenvalue weighted by atomic mass is 16.5. The van der Waals surface area contributed by atoms with Crippen LogP contribution in [0.15, 0.2) is 48.5 Å². The van der Waals surface area contributed by atoms with Crippen LogP contribution in [-0.4, -0.2) is 50.6 Å². The SMILES string of the molecule is COCCCNC(=O)c1cccc(NCC(=O)Nc2cccc(C(=O)NC(C)C)c2)c1. The Bertz CT molecular complexity index is 899. The Morgan fingerprint density at radius 2 is 1.58 bits per heavy atom. The van der Waals surface area contributed by atoms with Crippen molar-refractivity contribution in [2.75, 3.05) is 37.4 Å². The molecule has 0 aliphatic carbocycles. The molecule has 0 fully saturated rings. The Morgan fingerprint density at radius 1 is 0.935 bits per heavy atom. The van der Waals surface area contributed by atoms with Gasteiger partial charge in [-0.05, 0) is 56.7 Å². The van der Waals surface area contributed by atoms with Gasteiger partial charge in [-0.25, -0.2) is 0 Å². The standard InChI is InChI=1S/C23H30N4O4/c1-16(2)26-23(30)18-8-5-10-20(14-18)27-21(28)15-25-19-9-4-7-17(13-19)22(29)24-11-6-12-31-3/h4-5,7-10,13-14,16,25H,6,11-12,15H2,1-3H3,(H,24,29)(H,26,30)(H,27,28). The van der Waals surface area contributed by atoms with Crippen molar-refractivity contribution in [3.8, 4) is 0 Å². The van der Waals surface area contributed by atoms with Crippen molar-refractivity contribution in [1.82, 2.24) is 10.6 Å². The number of carbonyl (C=O) groups is 3. The van der Waals surface area contributed by atoms with E-state index in [1.807, 2.05) is 13.8 Å². The molecule has 0 aromatic heterocycles. The molecule has 8 nitrogen and oxygen atoms in total. The second-order valence-corrected chi connectivity index (χ2v) is 7.29. The summed E-state index contributed by atoms with van der Waals surface area (Å²) in [6.07, 6.45) is 0.737. The third-order valence-corrected chi connectivity index (χ3v) is 4.22. The van der Waals surface area contributed by atoms with Crippen molar-refractivity contribution in [1.29, 1.82) is 0 Å². The number of benzene rings is 2. The van der Waals surface area contributed by atoms with Crippen LogP contribution in [0.1, 0.15) is 41.0 Å². The van der Waals surface area contributed by atoms with Gasteiger partial charge < -0.3 is 26.0 Å². The maximum Gasteiger partial charge on any atom is 0.251 e. The van der Waals surface area contributed by atoms with E-state index in [2.05, 4.69) is 21.3 Å². The fraction of sp³-hybridized carbons (Fsp3) is 0.348. The van der Waals surface area contributed by atoms with Gasteiger partial charge in [0.2, 0.25) is 5.91 Å². The molecule has 0 saturated heterocycles. The quantitative estimate of drug-likeness (QED) is 0.413. The Balaban J connectivity index is 1.87. The number of methoxy groups -OCH3 is 1. The van der Waals surface area contributed by atoms with E-state index >= 15 is 0 Å². The van der Waals surface area contributed by atoms with Gasteiger partial charge >= 0.3 is 0 Å². The molecule has 0 aliphatic rings. The molecule has 2 aromatic rings. The average molecular weight is 427 g/mol. The van der Waals surface area contributed by atoms with Gasteiger partial charge in [0, 0.05) is 48.8 Å². The molecule has 8 heteroatoms. The Labute approximate surface area is 182 Å². The summed E-state index contributed by atoms with van der Waals surface area (Å²) in [6, 6.07) is 13.7. The molecule has 4 N–H and O–H groups in total. The van der Waals surface area contributed by atoms with Crippen LogP contribution >= 0.6 is 0 Å². The molecular formula is C23H30N4O4. The minimum Gasteiger partial charge on any atom is -0.385 e. The molecule has 0 atom stereocenters. The van der Waals surface area contributed by atoms with E-state index in [9.17, 15) is 14.4 Å². The molecule has 0 heterocycles. The third-order valence-electron chi connectivity index (χ3n) is 4.22. The van der Waals surface area contributed by atoms with E-state index in [1.54, 1.807) is 55.6 Å². The predicted molar refractivity (Wildman–Crippen MR) is 121 cm³/mol. The first kappa shape index (κ1) is 23.9. The molecule has 2 aromatic carbocycles. The van der Waals surface area contributed by atoms with E-state index in [-0.39, 0.29) is 30.3 Å². The van der Waals surface area contributed by atoms with Gasteiger partial charge in [-0.3, -0.25) is 14.4 Å². The van der Waals surface area contributed by atoms with Gasteiger partial charge in [0.1, 0.15) is 0 Å². The van der Waals surface area contributed by atoms with Gasteiger partial charge in [0.25, 0.3) is 11.8 Å². The summed E-state index contributed by atoms with van der Waals surface area (Å²) in [4.78, 5) is 36.6. The van der Waals surface area contributed by atoms with Crippen molar-refractivity contribution in [3.63, 3.8) is 0 Å². The lowest BCUT2D eigenvalue weighted by Gasteiger charge is -2.11. The van der Waals surface area contributed by atoms with E-state index in [4.69, 9.17) is 4.74 Å². The molecule has 3 amide bonds. The number of amides is 3. The van der Waals surface area contributed by atoms with E-state index < -0.39 is 0 Å². The van der Waals surface area contributed by atoms with Gasteiger partial charge in [0.05, 0.1) is 6.54 Å². The molecule has 0 aliphatic heterocycles. The van der Waals surface area contributed by atoms with Gasteiger partial charge in [0.15, 0.2) is 0 Å². The van der Waals surface area contributed by atoms with Crippen LogP contribution in [0.2, 0.25) is 0 Å². The lowest BCUT2D eigenvalue weighted by molar-refractivity contribution is -0.114. The van der Waals surface area contributed by atoms with Gasteiger partial charge in [-0.2, -0.15) is 0 Å². The van der Waals surface area contributed by atoms with Crippen molar-refractivity contribution in [3.05, 3.63) is 59.7 Å². The summed E-state index contributed by atoms with van der Waals surface area (Å²) in [5, 5.41) is 11.4. The Hall–Kier alpha value is -3.39. The van der Waals surface area contributed by atoms with E-state index in [1.165, 1.54) is 0 Å². The van der Waals surface area contributed by atoms with Gasteiger partial charge in [-0.1, -0.05) is 12.1 Å². The number of ether oxygens (including phenoxy) is 1. The largest absolute Gasteiger partial charge is 0.385 e. The summed E-state index contributed by atoms with van der Waals surface area (Å²) >= 11 is 0. The minimum absolute atomic E-state index is 0.0152. The molecule has 166 valence electrons. The Morgan fingerprint density at radius 3 is 2.26 bits per heavy atom. The molecule has 0 saturated carbocycles. The first-order valence-corrected chi connectivity index (χ1v) is 10.2. The number of carbonyl (C=O) groups excluding carboxylic acids is 3. The molecule has 0 unspecified atom stereocenters. The summed E-state index contributed by atoms with van der Waals surface area (Å²) < 4.78 is 4.96. The predicted octanol–water partition coefficient (Wildman–Crippen LogP) is 2.64. The summed E-state index contributed by atoms with van der Waals surface area (Å²) in [5.74, 6) is -0.641. The van der Waals surface area contributed by atoms with Crippen LogP contribution in [0, 0.1) is 0 Å². The zero-order chi connectivity index (χ0) is 22.6. The highest BCUT2D eigenvalue weighted by molar-refractivity contribution is 5.98. The summed E-state index contributed by atoms with van der Waals surface area (Å²) in [7, 11) is 1.62. The lowest BCUT2D eigenvalue weighted by Crippen LogP contribution is -2.30. The summed E-state index contributed by atoms with van der Waals surface area (Å²) in [5.41, 5.74) is 2.17. The maximum atomic E-state index is 12.3. The van der Waals surface area contributed by atoms with Crippen LogP contribution in [-0.2, 0) is 9.53 Å². The number of anilines is 2. The van der Waals surface area contributed by atoms with Crippen molar-refractivity contribution >= 4 is 29.1 Å². The first-order chi connectivity index (χ1) is 14.9. The number of hydrogen-bond acceptors (Lipinski definition) is 5. The number of rotatable bonds is 11. The minimum atomic E-state index is -0.268. The Kier molecular flexibility index (Phi) is 9.51. The number of nitrogens with one attached hydrogen (secondary N) is 4. The fourth-order valence-corrected chi connectivity index (χ4v) is 2.76. The van der Waals surface area contributed by atoms with Crippen molar-refractivity contribution in [2.45, 2.75) is 26.3 Å². The lowest BCUT2D eigenvalue weighted by atomic mass is 10.1. The highest BCUT2D eigenvalue weighted by Gasteiger charge is 2.10. The van der Waals surface area contributed by atoms with Crippen LogP contribution in [0.4, 0.5) is 11.4 Å². The molecule has 2 rings (SSSR count).